The van der Waals surface area contributed by atoms with Gasteiger partial charge in [0.15, 0.2) is 0 Å². The first-order chi connectivity index (χ1) is 13.2. The van der Waals surface area contributed by atoms with Crippen LogP contribution in [0.25, 0.3) is 10.1 Å². The predicted molar refractivity (Wildman–Crippen MR) is 115 cm³/mol. The lowest BCUT2D eigenvalue weighted by Gasteiger charge is -2.31. The minimum absolute atomic E-state index is 0.370. The number of hydrogen-bond donors (Lipinski definition) is 0. The minimum atomic E-state index is 0.370. The summed E-state index contributed by atoms with van der Waals surface area (Å²) in [6, 6.07) is 18.7. The van der Waals surface area contributed by atoms with Crippen molar-refractivity contribution in [3.63, 3.8) is 0 Å². The summed E-state index contributed by atoms with van der Waals surface area (Å²) in [6.45, 7) is 3.20. The summed E-state index contributed by atoms with van der Waals surface area (Å²) in [5.41, 5.74) is 1.37. The lowest BCUT2D eigenvalue weighted by atomic mass is 9.90. The van der Waals surface area contributed by atoms with Crippen LogP contribution in [-0.2, 0) is 17.8 Å². The van der Waals surface area contributed by atoms with Gasteiger partial charge in [0.25, 0.3) is 0 Å². The summed E-state index contributed by atoms with van der Waals surface area (Å²) >= 11 is 7.77. The third-order valence-corrected chi connectivity index (χ3v) is 6.72. The van der Waals surface area contributed by atoms with Gasteiger partial charge in [-0.3, -0.25) is 9.69 Å². The average molecular weight is 398 g/mol. The highest BCUT2D eigenvalue weighted by atomic mass is 35.5. The van der Waals surface area contributed by atoms with E-state index >= 15 is 0 Å². The van der Waals surface area contributed by atoms with Gasteiger partial charge in [-0.1, -0.05) is 41.9 Å². The van der Waals surface area contributed by atoms with Gasteiger partial charge in [0.2, 0.25) is 0 Å². The Hall–Kier alpha value is -1.68. The number of Topliss-reactive ketones (excluding diaryl/α,β-unsaturated/α-hetero) is 1. The van der Waals surface area contributed by atoms with Crippen LogP contribution in [0.4, 0.5) is 0 Å². The van der Waals surface area contributed by atoms with Gasteiger partial charge >= 0.3 is 0 Å². The molecule has 1 aliphatic rings. The molecule has 4 rings (SSSR count). The van der Waals surface area contributed by atoms with Gasteiger partial charge in [0.05, 0.1) is 0 Å². The molecular weight excluding hydrogens is 374 g/mol. The maximum absolute atomic E-state index is 12.6. The Bertz CT molecular complexity index is 913. The highest BCUT2D eigenvalue weighted by Crippen LogP contribution is 2.29. The second-order valence-electron chi connectivity index (χ2n) is 7.52. The zero-order valence-corrected chi connectivity index (χ0v) is 16.9. The predicted octanol–water partition coefficient (Wildman–Crippen LogP) is 5.97. The normalized spacial score (nSPS) is 16.0. The molecular formula is C23H24ClNOS. The van der Waals surface area contributed by atoms with Crippen molar-refractivity contribution in [1.29, 1.82) is 0 Å². The first-order valence-electron chi connectivity index (χ1n) is 9.62. The summed E-state index contributed by atoms with van der Waals surface area (Å²) in [7, 11) is 0. The topological polar surface area (TPSA) is 20.3 Å². The molecule has 2 heterocycles. The van der Waals surface area contributed by atoms with Gasteiger partial charge in [-0.2, -0.15) is 0 Å². The van der Waals surface area contributed by atoms with Crippen molar-refractivity contribution in [3.8, 4) is 0 Å². The molecule has 1 saturated heterocycles. The number of nitrogens with zero attached hydrogens (tertiary/aromatic N) is 1. The fourth-order valence-electron chi connectivity index (χ4n) is 3.94. The Kier molecular flexibility index (Phi) is 5.92. The molecule has 1 aromatic heterocycles. The largest absolute Gasteiger partial charge is 0.299 e. The standard InChI is InChI=1S/C23H24ClNOS/c24-20-6-7-23-19(13-20)14-22(27-23)15-21(26)12-17-8-10-25(11-9-17)16-18-4-2-1-3-5-18/h1-7,13-14,17H,8-12,15-16H2. The molecule has 1 fully saturated rings. The van der Waals surface area contributed by atoms with Gasteiger partial charge in [-0.05, 0) is 67.1 Å². The van der Waals surface area contributed by atoms with Gasteiger partial charge < -0.3 is 0 Å². The molecule has 0 spiro atoms. The molecule has 0 radical (unpaired) electrons. The minimum Gasteiger partial charge on any atom is -0.299 e. The number of benzene rings is 2. The summed E-state index contributed by atoms with van der Waals surface area (Å²) < 4.78 is 1.21. The van der Waals surface area contributed by atoms with Crippen molar-refractivity contribution < 1.29 is 4.79 Å². The molecule has 140 valence electrons. The average Bonchev–Trinajstić information content (AvgIpc) is 3.05. The Morgan fingerprint density at radius 1 is 1.07 bits per heavy atom. The van der Waals surface area contributed by atoms with Gasteiger partial charge in [0.1, 0.15) is 5.78 Å². The van der Waals surface area contributed by atoms with Crippen LogP contribution in [0.5, 0.6) is 0 Å². The Labute approximate surface area is 169 Å². The number of fused-ring (bicyclic) bond motifs is 1. The Balaban J connectivity index is 1.26. The number of thiophene rings is 1. The molecule has 0 aliphatic carbocycles. The highest BCUT2D eigenvalue weighted by Gasteiger charge is 2.22. The maximum atomic E-state index is 12.6. The Morgan fingerprint density at radius 2 is 1.85 bits per heavy atom. The molecule has 27 heavy (non-hydrogen) atoms. The van der Waals surface area contributed by atoms with Crippen LogP contribution < -0.4 is 0 Å². The lowest BCUT2D eigenvalue weighted by molar-refractivity contribution is -0.119. The van der Waals surface area contributed by atoms with Crippen LogP contribution in [0.15, 0.2) is 54.6 Å². The van der Waals surface area contributed by atoms with Crippen molar-refractivity contribution in [2.75, 3.05) is 13.1 Å². The van der Waals surface area contributed by atoms with E-state index in [1.54, 1.807) is 11.3 Å². The Morgan fingerprint density at radius 3 is 2.63 bits per heavy atom. The van der Waals surface area contributed by atoms with Gasteiger partial charge in [-0.25, -0.2) is 0 Å². The van der Waals surface area contributed by atoms with Crippen LogP contribution >= 0.6 is 22.9 Å². The molecule has 0 amide bonds. The maximum Gasteiger partial charge on any atom is 0.138 e. The number of carbonyl (C=O) groups is 1. The SMILES string of the molecule is O=C(Cc1cc2cc(Cl)ccc2s1)CC1CCN(Cc2ccccc2)CC1. The van der Waals surface area contributed by atoms with Crippen LogP contribution in [0.3, 0.4) is 0 Å². The number of halogens is 1. The highest BCUT2D eigenvalue weighted by molar-refractivity contribution is 7.19. The third-order valence-electron chi connectivity index (χ3n) is 5.37. The molecule has 0 bridgehead atoms. The lowest BCUT2D eigenvalue weighted by Crippen LogP contribution is -2.34. The van der Waals surface area contributed by atoms with Crippen LogP contribution in [-0.4, -0.2) is 23.8 Å². The van der Waals surface area contributed by atoms with Crippen LogP contribution in [0.2, 0.25) is 5.02 Å². The van der Waals surface area contributed by atoms with E-state index in [9.17, 15) is 4.79 Å². The van der Waals surface area contributed by atoms with Crippen LogP contribution in [0.1, 0.15) is 29.7 Å². The van der Waals surface area contributed by atoms with E-state index in [-0.39, 0.29) is 0 Å². The van der Waals surface area contributed by atoms with E-state index in [4.69, 9.17) is 11.6 Å². The number of ketones is 1. The molecule has 4 heteroatoms. The molecule has 2 nitrogen and oxygen atoms in total. The summed E-state index contributed by atoms with van der Waals surface area (Å²) in [6.07, 6.45) is 3.52. The van der Waals surface area contributed by atoms with E-state index in [0.29, 0.717) is 24.5 Å². The van der Waals surface area contributed by atoms with E-state index in [1.807, 2.05) is 18.2 Å². The number of hydrogen-bond acceptors (Lipinski definition) is 3. The quantitative estimate of drug-likeness (QED) is 0.510. The molecule has 1 aliphatic heterocycles. The fraction of sp³-hybridized carbons (Fsp3) is 0.348. The van der Waals surface area contributed by atoms with Crippen LogP contribution in [0, 0.1) is 5.92 Å². The molecule has 3 aromatic rings. The molecule has 2 aromatic carbocycles. The van der Waals surface area contributed by atoms with Crippen molar-refractivity contribution in [1.82, 2.24) is 4.90 Å². The van der Waals surface area contributed by atoms with E-state index < -0.39 is 0 Å². The number of piperidine rings is 1. The number of likely N-dealkylation sites (tertiary alicyclic amines) is 1. The monoisotopic (exact) mass is 397 g/mol. The molecule has 0 N–H and O–H groups in total. The second-order valence-corrected chi connectivity index (χ2v) is 9.12. The summed E-state index contributed by atoms with van der Waals surface area (Å²) in [4.78, 5) is 16.2. The third kappa shape index (κ3) is 4.98. The van der Waals surface area contributed by atoms with E-state index in [2.05, 4.69) is 41.3 Å². The van der Waals surface area contributed by atoms with Crippen molar-refractivity contribution >= 4 is 38.8 Å². The van der Waals surface area contributed by atoms with Gasteiger partial charge in [0, 0.05) is 34.0 Å². The second kappa shape index (κ2) is 8.55. The first kappa shape index (κ1) is 18.7. The van der Waals surface area contributed by atoms with Crippen molar-refractivity contribution in [2.24, 2.45) is 5.92 Å². The summed E-state index contributed by atoms with van der Waals surface area (Å²) in [5, 5.41) is 1.89. The molecule has 0 atom stereocenters. The van der Waals surface area contributed by atoms with Crippen molar-refractivity contribution in [3.05, 3.63) is 70.1 Å². The smallest absolute Gasteiger partial charge is 0.138 e. The number of carbonyl (C=O) groups excluding carboxylic acids is 1. The van der Waals surface area contributed by atoms with E-state index in [1.165, 1.54) is 10.3 Å². The first-order valence-corrected chi connectivity index (χ1v) is 10.8. The van der Waals surface area contributed by atoms with E-state index in [0.717, 1.165) is 47.8 Å². The number of rotatable bonds is 6. The molecule has 0 saturated carbocycles. The zero-order valence-electron chi connectivity index (χ0n) is 15.4. The van der Waals surface area contributed by atoms with Gasteiger partial charge in [-0.15, -0.1) is 11.3 Å². The van der Waals surface area contributed by atoms with Crippen molar-refractivity contribution in [2.45, 2.75) is 32.2 Å². The summed E-state index contributed by atoms with van der Waals surface area (Å²) in [5.74, 6) is 0.905. The molecule has 0 unspecified atom stereocenters. The fourth-order valence-corrected chi connectivity index (χ4v) is 5.19. The zero-order chi connectivity index (χ0) is 18.6.